The normalized spacial score (nSPS) is 3.27. The van der Waals surface area contributed by atoms with Gasteiger partial charge in [-0.2, -0.15) is 0 Å². The Morgan fingerprint density at radius 1 is 0.727 bits per heavy atom. The van der Waals surface area contributed by atoms with E-state index >= 15 is 0 Å². The zero-order valence-electron chi connectivity index (χ0n) is 5.25. The molecule has 11 heteroatoms. The summed E-state index contributed by atoms with van der Waals surface area (Å²) in [5, 5.41) is 21.0. The topological polar surface area (TPSA) is 256 Å². The fourth-order valence-corrected chi connectivity index (χ4v) is 0. The number of hydrogen-bond donors (Lipinski definition) is 2. The Labute approximate surface area is 94.3 Å². The van der Waals surface area contributed by atoms with Crippen molar-refractivity contribution >= 4 is 0 Å². The van der Waals surface area contributed by atoms with Crippen LogP contribution in [-0.2, 0) is 0 Å². The van der Waals surface area contributed by atoms with Crippen molar-refractivity contribution < 1.29 is 84.1 Å². The first-order valence-electron chi connectivity index (χ1n) is 0.583. The van der Waals surface area contributed by atoms with E-state index < -0.39 is 5.39 Å². The van der Waals surface area contributed by atoms with Crippen LogP contribution in [0, 0.1) is 46.0 Å². The maximum absolute atomic E-state index is 8.47. The predicted octanol–water partition coefficient (Wildman–Crippen LogP) is -5.38. The fraction of sp³-hybridized carbons (Fsp3) is 0. The minimum Gasteiger partial charge on any atom is -0.738 e. The SMILES string of the molecule is O.O.O.O.O.O.[Nd].[O-]N(O)O. The summed E-state index contributed by atoms with van der Waals surface area (Å²) in [5.41, 5.74) is 0. The number of nitrogens with zero attached hydrogens (tertiary/aromatic N) is 1. The van der Waals surface area contributed by atoms with Crippen LogP contribution in [0.5, 0.6) is 0 Å². The third-order valence-electron chi connectivity index (χ3n) is 0. The molecule has 0 aromatic heterocycles. The molecule has 0 atom stereocenters. The van der Waals surface area contributed by atoms with Gasteiger partial charge in [-0.1, -0.05) is 0 Å². The van der Waals surface area contributed by atoms with Gasteiger partial charge in [-0.3, -0.25) is 0 Å². The van der Waals surface area contributed by atoms with Gasteiger partial charge in [-0.05, 0) is 0 Å². The third kappa shape index (κ3) is 971. The Hall–Kier alpha value is 0.951. The van der Waals surface area contributed by atoms with Crippen molar-refractivity contribution in [1.29, 1.82) is 0 Å². The van der Waals surface area contributed by atoms with Gasteiger partial charge in [-0.15, -0.1) is 5.39 Å². The van der Waals surface area contributed by atoms with Crippen molar-refractivity contribution in [3.05, 3.63) is 5.21 Å². The molecule has 0 aliphatic heterocycles. The van der Waals surface area contributed by atoms with Crippen molar-refractivity contribution in [3.8, 4) is 0 Å². The summed E-state index contributed by atoms with van der Waals surface area (Å²) in [4.78, 5) is 0. The van der Waals surface area contributed by atoms with Crippen LogP contribution in [0.15, 0.2) is 0 Å². The second-order valence-corrected chi connectivity index (χ2v) is 0.253. The van der Waals surface area contributed by atoms with Crippen molar-refractivity contribution in [2.45, 2.75) is 0 Å². The molecule has 0 radical (unpaired) electrons. The Kier molecular flexibility index (Phi) is 580. The Morgan fingerprint density at radius 3 is 0.727 bits per heavy atom. The molecule has 14 N–H and O–H groups in total. The van der Waals surface area contributed by atoms with E-state index in [0.717, 1.165) is 0 Å². The summed E-state index contributed by atoms with van der Waals surface area (Å²) in [7, 11) is 0. The molecule has 0 unspecified atom stereocenters. The largest absolute Gasteiger partial charge is 0.738 e. The zero-order valence-corrected chi connectivity index (χ0v) is 8.46. The average molecular weight is 316 g/mol. The molecule has 0 rings (SSSR count). The fourth-order valence-electron chi connectivity index (χ4n) is 0. The van der Waals surface area contributed by atoms with Crippen LogP contribution in [0.2, 0.25) is 0 Å². The van der Waals surface area contributed by atoms with Gasteiger partial charge in [0.1, 0.15) is 0 Å². The van der Waals surface area contributed by atoms with E-state index in [1.54, 1.807) is 0 Å². The molecule has 0 aliphatic carbocycles. The Bertz CT molecular complexity index is 14.3. The summed E-state index contributed by atoms with van der Waals surface area (Å²) in [5.74, 6) is 0. The smallest absolute Gasteiger partial charge is 0 e. The summed E-state index contributed by atoms with van der Waals surface area (Å²) in [6, 6.07) is 0. The van der Waals surface area contributed by atoms with E-state index in [9.17, 15) is 0 Å². The van der Waals surface area contributed by atoms with Gasteiger partial charge in [0, 0.05) is 40.8 Å². The maximum Gasteiger partial charge on any atom is 0 e. The standard InChI is InChI=1S/H2NO3.Nd.6H2O/c2-1(3)4;;;;;;;/h2-3H;;6*1H2/q-1;;;;;;;. The summed E-state index contributed by atoms with van der Waals surface area (Å²) < 4.78 is 0. The first-order chi connectivity index (χ1) is 1.73. The minimum atomic E-state index is -1.25. The molecule has 0 saturated carbocycles. The van der Waals surface area contributed by atoms with Crippen molar-refractivity contribution in [2.24, 2.45) is 0 Å². The van der Waals surface area contributed by atoms with E-state index in [2.05, 4.69) is 0 Å². The van der Waals surface area contributed by atoms with Crippen LogP contribution in [-0.4, -0.2) is 48.7 Å². The first-order valence-corrected chi connectivity index (χ1v) is 0.583. The molecule has 10 nitrogen and oxygen atoms in total. The van der Waals surface area contributed by atoms with Crippen LogP contribution >= 0.6 is 0 Å². The van der Waals surface area contributed by atoms with E-state index in [4.69, 9.17) is 15.6 Å². The summed E-state index contributed by atoms with van der Waals surface area (Å²) in [6.45, 7) is 0. The van der Waals surface area contributed by atoms with E-state index in [1.807, 2.05) is 0 Å². The molecular weight excluding hydrogens is 302 g/mol. The summed E-state index contributed by atoms with van der Waals surface area (Å²) in [6.07, 6.45) is 0. The molecule has 0 fully saturated rings. The van der Waals surface area contributed by atoms with Crippen molar-refractivity contribution in [1.82, 2.24) is 5.39 Å². The number of hydrogen-bond acceptors (Lipinski definition) is 4. The second kappa shape index (κ2) is 69.5. The van der Waals surface area contributed by atoms with E-state index in [0.29, 0.717) is 0 Å². The van der Waals surface area contributed by atoms with Gasteiger partial charge in [0.25, 0.3) is 0 Å². The Balaban J connectivity index is -0.00000000214. The second-order valence-electron chi connectivity index (χ2n) is 0.253. The molecule has 11 heavy (non-hydrogen) atoms. The van der Waals surface area contributed by atoms with Crippen molar-refractivity contribution in [2.75, 3.05) is 0 Å². The van der Waals surface area contributed by atoms with Crippen LogP contribution in [0.1, 0.15) is 0 Å². The van der Waals surface area contributed by atoms with Gasteiger partial charge in [-0.25, -0.2) is 0 Å². The molecule has 0 spiro atoms. The van der Waals surface area contributed by atoms with Crippen LogP contribution in [0.3, 0.4) is 0 Å². The van der Waals surface area contributed by atoms with Gasteiger partial charge < -0.3 is 48.5 Å². The molecular formula is H14NNdO9-. The predicted molar refractivity (Wildman–Crippen MR) is 30.5 cm³/mol. The molecule has 0 saturated heterocycles. The molecule has 0 bridgehead atoms. The van der Waals surface area contributed by atoms with Crippen molar-refractivity contribution in [3.63, 3.8) is 0 Å². The molecule has 0 aliphatic rings. The molecule has 78 valence electrons. The van der Waals surface area contributed by atoms with Crippen LogP contribution in [0.4, 0.5) is 0 Å². The first kappa shape index (κ1) is 91.8. The van der Waals surface area contributed by atoms with Gasteiger partial charge >= 0.3 is 0 Å². The Morgan fingerprint density at radius 2 is 0.727 bits per heavy atom. The molecule has 0 amide bonds. The monoisotopic (exact) mass is 314 g/mol. The zero-order chi connectivity index (χ0) is 3.58. The van der Waals surface area contributed by atoms with Crippen LogP contribution in [0.25, 0.3) is 0 Å². The average Bonchev–Trinajstić information content (AvgIpc) is 0.811. The third-order valence-corrected chi connectivity index (χ3v) is 0. The van der Waals surface area contributed by atoms with Gasteiger partial charge in [0.15, 0.2) is 0 Å². The van der Waals surface area contributed by atoms with Gasteiger partial charge in [0.05, 0.1) is 0 Å². The quantitative estimate of drug-likeness (QED) is 0.414. The number of rotatable bonds is 0. The summed E-state index contributed by atoms with van der Waals surface area (Å²) >= 11 is 0. The molecule has 0 aromatic carbocycles. The minimum absolute atomic E-state index is 0. The van der Waals surface area contributed by atoms with E-state index in [-0.39, 0.29) is 73.7 Å². The van der Waals surface area contributed by atoms with E-state index in [1.165, 1.54) is 0 Å². The molecule has 0 aromatic rings. The maximum atomic E-state index is 8.47. The molecule has 0 heterocycles. The van der Waals surface area contributed by atoms with Gasteiger partial charge in [0.2, 0.25) is 0 Å². The van der Waals surface area contributed by atoms with Crippen LogP contribution < -0.4 is 0 Å².